The van der Waals surface area contributed by atoms with Crippen molar-refractivity contribution in [2.24, 2.45) is 10.8 Å². The standard InChI is InChI=1S/C15H22N4O2S/c1-15(2,3)21-14(20)18-12(10-17-19-13(16)22)9-11-7-5-4-6-8-11/h4-8,10,12H,9H2,1-3H3,(H,18,20)(H3,16,19,22)/b17-10-/t12-/m0/s1. The maximum atomic E-state index is 11.9. The molecule has 6 nitrogen and oxygen atoms in total. The lowest BCUT2D eigenvalue weighted by Crippen LogP contribution is -2.41. The Labute approximate surface area is 136 Å². The molecule has 1 atom stereocenters. The molecule has 1 aromatic rings. The number of rotatable bonds is 5. The molecule has 0 radical (unpaired) electrons. The van der Waals surface area contributed by atoms with Crippen LogP contribution in [0.5, 0.6) is 0 Å². The fourth-order valence-electron chi connectivity index (χ4n) is 1.66. The molecule has 0 aromatic heterocycles. The summed E-state index contributed by atoms with van der Waals surface area (Å²) in [5, 5.41) is 6.73. The SMILES string of the molecule is CC(C)(C)OC(=O)N[C@H](/C=N\NC(N)=S)Cc1ccccc1. The van der Waals surface area contributed by atoms with Crippen molar-refractivity contribution in [2.45, 2.75) is 38.8 Å². The molecule has 120 valence electrons. The number of amides is 1. The predicted octanol–water partition coefficient (Wildman–Crippen LogP) is 1.94. The Morgan fingerprint density at radius 3 is 2.59 bits per heavy atom. The third-order valence-electron chi connectivity index (χ3n) is 2.43. The Morgan fingerprint density at radius 2 is 2.05 bits per heavy atom. The van der Waals surface area contributed by atoms with Crippen LogP contribution >= 0.6 is 12.2 Å². The van der Waals surface area contributed by atoms with E-state index in [1.165, 1.54) is 6.21 Å². The van der Waals surface area contributed by atoms with Crippen LogP contribution in [0.2, 0.25) is 0 Å². The Morgan fingerprint density at radius 1 is 1.41 bits per heavy atom. The number of carbonyl (C=O) groups is 1. The first kappa shape index (κ1) is 17.9. The van der Waals surface area contributed by atoms with E-state index in [-0.39, 0.29) is 11.2 Å². The van der Waals surface area contributed by atoms with Gasteiger partial charge in [0.1, 0.15) is 5.60 Å². The molecule has 0 saturated carbocycles. The normalized spacial score (nSPS) is 12.7. The lowest BCUT2D eigenvalue weighted by atomic mass is 10.1. The minimum atomic E-state index is -0.560. The summed E-state index contributed by atoms with van der Waals surface area (Å²) in [6.07, 6.45) is 1.61. The Kier molecular flexibility index (Phi) is 6.78. The second-order valence-corrected chi connectivity index (χ2v) is 6.14. The van der Waals surface area contributed by atoms with Gasteiger partial charge in [0.05, 0.1) is 6.04 Å². The summed E-state index contributed by atoms with van der Waals surface area (Å²) < 4.78 is 5.25. The van der Waals surface area contributed by atoms with Crippen LogP contribution in [0.25, 0.3) is 0 Å². The highest BCUT2D eigenvalue weighted by molar-refractivity contribution is 7.80. The van der Waals surface area contributed by atoms with E-state index in [0.717, 1.165) is 5.56 Å². The number of thiocarbonyl (C=S) groups is 1. The molecule has 0 saturated heterocycles. The second kappa shape index (κ2) is 8.33. The van der Waals surface area contributed by atoms with Gasteiger partial charge >= 0.3 is 6.09 Å². The Balaban J connectivity index is 2.71. The predicted molar refractivity (Wildman–Crippen MR) is 91.7 cm³/mol. The molecule has 0 aliphatic carbocycles. The van der Waals surface area contributed by atoms with E-state index < -0.39 is 11.7 Å². The van der Waals surface area contributed by atoms with Crippen molar-refractivity contribution in [3.05, 3.63) is 35.9 Å². The van der Waals surface area contributed by atoms with Crippen LogP contribution in [0.3, 0.4) is 0 Å². The van der Waals surface area contributed by atoms with Crippen LogP contribution in [0, 0.1) is 0 Å². The number of nitrogens with one attached hydrogen (secondary N) is 2. The number of nitrogens with two attached hydrogens (primary N) is 1. The van der Waals surface area contributed by atoms with Crippen LogP contribution in [0.4, 0.5) is 4.79 Å². The third kappa shape index (κ3) is 8.21. The fraction of sp³-hybridized carbons (Fsp3) is 0.400. The molecule has 22 heavy (non-hydrogen) atoms. The zero-order chi connectivity index (χ0) is 16.6. The molecule has 0 unspecified atom stereocenters. The van der Waals surface area contributed by atoms with Gasteiger partial charge in [0.25, 0.3) is 0 Å². The summed E-state index contributed by atoms with van der Waals surface area (Å²) in [5.74, 6) is 0. The van der Waals surface area contributed by atoms with Gasteiger partial charge in [0, 0.05) is 6.21 Å². The molecule has 0 heterocycles. The van der Waals surface area contributed by atoms with Gasteiger partial charge in [-0.05, 0) is 45.0 Å². The smallest absolute Gasteiger partial charge is 0.408 e. The maximum absolute atomic E-state index is 11.9. The molecule has 1 rings (SSSR count). The summed E-state index contributed by atoms with van der Waals surface area (Å²) in [4.78, 5) is 11.9. The summed E-state index contributed by atoms with van der Waals surface area (Å²) in [5.41, 5.74) is 8.28. The van der Waals surface area contributed by atoms with Crippen molar-refractivity contribution < 1.29 is 9.53 Å². The Hall–Kier alpha value is -2.15. The summed E-state index contributed by atoms with van der Waals surface area (Å²) in [7, 11) is 0. The van der Waals surface area contributed by atoms with Gasteiger partial charge in [-0.25, -0.2) is 4.79 Å². The number of hydrazone groups is 1. The molecule has 0 fully saturated rings. The minimum absolute atomic E-state index is 0.0620. The highest BCUT2D eigenvalue weighted by Crippen LogP contribution is 2.08. The van der Waals surface area contributed by atoms with E-state index in [2.05, 4.69) is 28.1 Å². The molecule has 0 spiro atoms. The van der Waals surface area contributed by atoms with E-state index in [1.807, 2.05) is 30.3 Å². The van der Waals surface area contributed by atoms with E-state index >= 15 is 0 Å². The summed E-state index contributed by atoms with van der Waals surface area (Å²) >= 11 is 4.68. The highest BCUT2D eigenvalue weighted by atomic mass is 32.1. The molecular formula is C15H22N4O2S. The number of benzene rings is 1. The topological polar surface area (TPSA) is 88.7 Å². The van der Waals surface area contributed by atoms with E-state index in [9.17, 15) is 4.79 Å². The van der Waals surface area contributed by atoms with E-state index in [1.54, 1.807) is 20.8 Å². The molecule has 0 aliphatic rings. The van der Waals surface area contributed by atoms with Crippen molar-refractivity contribution in [1.29, 1.82) is 0 Å². The largest absolute Gasteiger partial charge is 0.444 e. The quantitative estimate of drug-likeness (QED) is 0.438. The molecule has 0 aliphatic heterocycles. The van der Waals surface area contributed by atoms with Crippen LogP contribution in [-0.4, -0.2) is 29.1 Å². The zero-order valence-corrected chi connectivity index (χ0v) is 13.8. The van der Waals surface area contributed by atoms with Gasteiger partial charge in [0.15, 0.2) is 5.11 Å². The first-order chi connectivity index (χ1) is 10.3. The number of alkyl carbamates (subject to hydrolysis) is 1. The van der Waals surface area contributed by atoms with Crippen molar-refractivity contribution in [3.63, 3.8) is 0 Å². The summed E-state index contributed by atoms with van der Waals surface area (Å²) in [6.45, 7) is 5.42. The maximum Gasteiger partial charge on any atom is 0.408 e. The van der Waals surface area contributed by atoms with Crippen LogP contribution in [-0.2, 0) is 11.2 Å². The fourth-order valence-corrected chi connectivity index (χ4v) is 1.71. The first-order valence-corrected chi connectivity index (χ1v) is 7.29. The minimum Gasteiger partial charge on any atom is -0.444 e. The molecule has 7 heteroatoms. The summed E-state index contributed by atoms with van der Waals surface area (Å²) in [6, 6.07) is 9.40. The van der Waals surface area contributed by atoms with Gasteiger partial charge in [-0.3, -0.25) is 5.43 Å². The van der Waals surface area contributed by atoms with Crippen molar-refractivity contribution in [3.8, 4) is 0 Å². The van der Waals surface area contributed by atoms with Crippen molar-refractivity contribution >= 4 is 29.6 Å². The number of ether oxygens (including phenoxy) is 1. The first-order valence-electron chi connectivity index (χ1n) is 6.88. The van der Waals surface area contributed by atoms with Crippen molar-refractivity contribution in [2.75, 3.05) is 0 Å². The highest BCUT2D eigenvalue weighted by Gasteiger charge is 2.19. The van der Waals surface area contributed by atoms with Crippen LogP contribution in [0.1, 0.15) is 26.3 Å². The molecule has 0 bridgehead atoms. The number of hydrogen-bond acceptors (Lipinski definition) is 4. The van der Waals surface area contributed by atoms with Gasteiger partial charge in [-0.2, -0.15) is 5.10 Å². The number of hydrogen-bond donors (Lipinski definition) is 3. The van der Waals surface area contributed by atoms with Crippen LogP contribution < -0.4 is 16.5 Å². The van der Waals surface area contributed by atoms with Gasteiger partial charge < -0.3 is 15.8 Å². The lowest BCUT2D eigenvalue weighted by molar-refractivity contribution is 0.0519. The lowest BCUT2D eigenvalue weighted by Gasteiger charge is -2.22. The van der Waals surface area contributed by atoms with E-state index in [0.29, 0.717) is 6.42 Å². The molecule has 1 amide bonds. The van der Waals surface area contributed by atoms with Crippen molar-refractivity contribution in [1.82, 2.24) is 10.7 Å². The number of carbonyl (C=O) groups excluding carboxylic acids is 1. The number of nitrogens with zero attached hydrogens (tertiary/aromatic N) is 1. The monoisotopic (exact) mass is 322 g/mol. The van der Waals surface area contributed by atoms with Gasteiger partial charge in [0.2, 0.25) is 0 Å². The average Bonchev–Trinajstić information content (AvgIpc) is 2.36. The third-order valence-corrected chi connectivity index (χ3v) is 2.52. The zero-order valence-electron chi connectivity index (χ0n) is 13.0. The van der Waals surface area contributed by atoms with Gasteiger partial charge in [-0.15, -0.1) is 0 Å². The second-order valence-electron chi connectivity index (χ2n) is 5.70. The van der Waals surface area contributed by atoms with Gasteiger partial charge in [-0.1, -0.05) is 30.3 Å². The molecule has 4 N–H and O–H groups in total. The molecular weight excluding hydrogens is 300 g/mol. The average molecular weight is 322 g/mol. The van der Waals surface area contributed by atoms with E-state index in [4.69, 9.17) is 10.5 Å². The molecule has 1 aromatic carbocycles. The van der Waals surface area contributed by atoms with Crippen LogP contribution in [0.15, 0.2) is 35.4 Å². The Bertz CT molecular complexity index is 526.